The van der Waals surface area contributed by atoms with E-state index >= 15 is 0 Å². The summed E-state index contributed by atoms with van der Waals surface area (Å²) in [7, 11) is -2.21. The lowest BCUT2D eigenvalue weighted by Gasteiger charge is -2.58. The minimum Gasteiger partial charge on any atom is -0.497 e. The van der Waals surface area contributed by atoms with Crippen LogP contribution in [0.2, 0.25) is 0 Å². The van der Waals surface area contributed by atoms with E-state index in [0.717, 1.165) is 22.4 Å². The topological polar surface area (TPSA) is 87.2 Å². The Morgan fingerprint density at radius 2 is 1.73 bits per heavy atom. The van der Waals surface area contributed by atoms with Gasteiger partial charge in [-0.2, -0.15) is 4.31 Å². The summed E-state index contributed by atoms with van der Waals surface area (Å²) in [6.45, 7) is 1.52. The Labute approximate surface area is 217 Å². The maximum Gasteiger partial charge on any atom is 0.243 e. The van der Waals surface area contributed by atoms with Crippen molar-refractivity contribution in [2.45, 2.75) is 29.8 Å². The SMILES string of the molecule is COc1cccc(C#Cc2ccc([C@H]3[C@H]4CN(S(=O)(=O)c5ccccc5C)CC(=O)N4[C@H]3CO)cc2)c1. The Bertz CT molecular complexity index is 1490. The normalized spacial score (nSPS) is 21.4. The Kier molecular flexibility index (Phi) is 6.78. The quantitative estimate of drug-likeness (QED) is 0.527. The van der Waals surface area contributed by atoms with Crippen molar-refractivity contribution in [3.8, 4) is 17.6 Å². The summed E-state index contributed by atoms with van der Waals surface area (Å²) in [5.41, 5.74) is 3.25. The fourth-order valence-corrected chi connectivity index (χ4v) is 6.90. The molecule has 0 radical (unpaired) electrons. The first kappa shape index (κ1) is 25.0. The van der Waals surface area contributed by atoms with E-state index in [1.807, 2.05) is 48.5 Å². The lowest BCUT2D eigenvalue weighted by atomic mass is 9.74. The van der Waals surface area contributed by atoms with Gasteiger partial charge in [0, 0.05) is 23.6 Å². The van der Waals surface area contributed by atoms with Crippen LogP contribution in [-0.4, -0.2) is 67.5 Å². The smallest absolute Gasteiger partial charge is 0.243 e. The van der Waals surface area contributed by atoms with Crippen LogP contribution in [0.15, 0.2) is 77.7 Å². The molecule has 5 rings (SSSR count). The van der Waals surface area contributed by atoms with E-state index in [1.165, 1.54) is 4.31 Å². The van der Waals surface area contributed by atoms with E-state index in [1.54, 1.807) is 43.2 Å². The molecular weight excluding hydrogens is 488 g/mol. The van der Waals surface area contributed by atoms with Gasteiger partial charge in [0.1, 0.15) is 5.75 Å². The van der Waals surface area contributed by atoms with Crippen LogP contribution in [0.1, 0.15) is 28.2 Å². The van der Waals surface area contributed by atoms with Gasteiger partial charge >= 0.3 is 0 Å². The molecule has 7 nitrogen and oxygen atoms in total. The van der Waals surface area contributed by atoms with Gasteiger partial charge in [0.05, 0.1) is 37.2 Å². The third kappa shape index (κ3) is 4.62. The number of aliphatic hydroxyl groups excluding tert-OH is 1. The van der Waals surface area contributed by atoms with Crippen LogP contribution in [0.4, 0.5) is 0 Å². The summed E-state index contributed by atoms with van der Waals surface area (Å²) in [6, 6.07) is 21.3. The van der Waals surface area contributed by atoms with Crippen molar-refractivity contribution in [2.24, 2.45) is 0 Å². The fourth-order valence-electron chi connectivity index (χ4n) is 5.27. The number of piperazine rings is 1. The number of hydrogen-bond acceptors (Lipinski definition) is 5. The molecule has 2 saturated heterocycles. The van der Waals surface area contributed by atoms with Gasteiger partial charge < -0.3 is 14.7 Å². The van der Waals surface area contributed by atoms with Crippen molar-refractivity contribution < 1.29 is 23.1 Å². The second-order valence-corrected chi connectivity index (χ2v) is 11.2. The fraction of sp³-hybridized carbons (Fsp3) is 0.276. The first-order valence-electron chi connectivity index (χ1n) is 12.1. The molecule has 0 saturated carbocycles. The highest BCUT2D eigenvalue weighted by Gasteiger charge is 2.55. The van der Waals surface area contributed by atoms with Crippen LogP contribution in [0.5, 0.6) is 5.75 Å². The largest absolute Gasteiger partial charge is 0.497 e. The van der Waals surface area contributed by atoms with Crippen LogP contribution in [0.25, 0.3) is 0 Å². The van der Waals surface area contributed by atoms with Gasteiger partial charge in [-0.05, 0) is 54.4 Å². The number of carbonyl (C=O) groups excluding carboxylic acids is 1. The van der Waals surface area contributed by atoms with E-state index < -0.39 is 10.0 Å². The highest BCUT2D eigenvalue weighted by Crippen LogP contribution is 2.43. The predicted molar refractivity (Wildman–Crippen MR) is 140 cm³/mol. The standard InChI is InChI=1S/C29H28N2O5S/c1-20-6-3-4-9-27(20)37(34,35)30-17-25-29(26(19-32)31(25)28(33)18-30)23-14-12-21(13-15-23)10-11-22-7-5-8-24(16-22)36-2/h3-9,12-16,25-26,29,32H,17-19H2,1-2H3/t25-,26+,29+/m1/s1. The molecule has 0 bridgehead atoms. The molecule has 190 valence electrons. The molecule has 2 aliphatic rings. The molecule has 0 aliphatic carbocycles. The van der Waals surface area contributed by atoms with Gasteiger partial charge in [-0.25, -0.2) is 8.42 Å². The van der Waals surface area contributed by atoms with Crippen LogP contribution in [0, 0.1) is 18.8 Å². The Morgan fingerprint density at radius 1 is 1.00 bits per heavy atom. The van der Waals surface area contributed by atoms with E-state index in [-0.39, 0.29) is 48.5 Å². The number of aliphatic hydroxyl groups is 1. The number of methoxy groups -OCH3 is 1. The molecule has 0 spiro atoms. The molecule has 3 aromatic carbocycles. The molecule has 1 N–H and O–H groups in total. The second kappa shape index (κ2) is 10.0. The zero-order valence-corrected chi connectivity index (χ0v) is 21.5. The van der Waals surface area contributed by atoms with Crippen molar-refractivity contribution in [2.75, 3.05) is 26.8 Å². The third-order valence-corrected chi connectivity index (χ3v) is 9.12. The summed E-state index contributed by atoms with van der Waals surface area (Å²) in [5.74, 6) is 6.55. The third-order valence-electron chi connectivity index (χ3n) is 7.15. The number of carbonyl (C=O) groups is 1. The van der Waals surface area contributed by atoms with E-state index in [0.29, 0.717) is 5.56 Å². The van der Waals surface area contributed by atoms with Crippen molar-refractivity contribution in [3.63, 3.8) is 0 Å². The number of hydrogen-bond donors (Lipinski definition) is 1. The molecule has 37 heavy (non-hydrogen) atoms. The number of amides is 1. The maximum atomic E-state index is 13.4. The van der Waals surface area contributed by atoms with Crippen molar-refractivity contribution >= 4 is 15.9 Å². The zero-order valence-electron chi connectivity index (χ0n) is 20.7. The average molecular weight is 517 g/mol. The van der Waals surface area contributed by atoms with Gasteiger partial charge in [0.15, 0.2) is 0 Å². The van der Waals surface area contributed by atoms with Crippen LogP contribution in [-0.2, 0) is 14.8 Å². The summed E-state index contributed by atoms with van der Waals surface area (Å²) in [5, 5.41) is 10.1. The lowest BCUT2D eigenvalue weighted by molar-refractivity contribution is -0.158. The van der Waals surface area contributed by atoms with Gasteiger partial charge in [-0.15, -0.1) is 0 Å². The Hall–Kier alpha value is -3.64. The zero-order chi connectivity index (χ0) is 26.2. The first-order valence-corrected chi connectivity index (χ1v) is 13.5. The summed E-state index contributed by atoms with van der Waals surface area (Å²) < 4.78 is 33.3. The average Bonchev–Trinajstić information content (AvgIpc) is 2.89. The molecule has 3 atom stereocenters. The Morgan fingerprint density at radius 3 is 2.43 bits per heavy atom. The van der Waals surface area contributed by atoms with Gasteiger partial charge in [0.2, 0.25) is 15.9 Å². The van der Waals surface area contributed by atoms with Crippen molar-refractivity contribution in [1.82, 2.24) is 9.21 Å². The molecule has 1 amide bonds. The van der Waals surface area contributed by atoms with Crippen LogP contribution < -0.4 is 4.74 Å². The van der Waals surface area contributed by atoms with E-state index in [2.05, 4.69) is 11.8 Å². The van der Waals surface area contributed by atoms with Crippen LogP contribution >= 0.6 is 0 Å². The van der Waals surface area contributed by atoms with Crippen molar-refractivity contribution in [3.05, 3.63) is 95.1 Å². The van der Waals surface area contributed by atoms with Crippen molar-refractivity contribution in [1.29, 1.82) is 0 Å². The van der Waals surface area contributed by atoms with E-state index in [9.17, 15) is 18.3 Å². The monoisotopic (exact) mass is 516 g/mol. The second-order valence-electron chi connectivity index (χ2n) is 9.31. The molecular formula is C29H28N2O5S. The van der Waals surface area contributed by atoms with Crippen LogP contribution in [0.3, 0.4) is 0 Å². The number of ether oxygens (including phenoxy) is 1. The number of nitrogens with zero attached hydrogens (tertiary/aromatic N) is 2. The predicted octanol–water partition coefficient (Wildman–Crippen LogP) is 2.76. The maximum absolute atomic E-state index is 13.4. The molecule has 0 aromatic heterocycles. The minimum atomic E-state index is -3.83. The van der Waals surface area contributed by atoms with E-state index in [4.69, 9.17) is 4.74 Å². The highest BCUT2D eigenvalue weighted by molar-refractivity contribution is 7.89. The Balaban J connectivity index is 1.38. The van der Waals surface area contributed by atoms with Gasteiger partial charge in [0.25, 0.3) is 0 Å². The minimum absolute atomic E-state index is 0.177. The molecule has 3 aromatic rings. The lowest BCUT2D eigenvalue weighted by Crippen LogP contribution is -2.73. The number of fused-ring (bicyclic) bond motifs is 1. The summed E-state index contributed by atoms with van der Waals surface area (Å²) in [6.07, 6.45) is 0. The van der Waals surface area contributed by atoms with Gasteiger partial charge in [-0.1, -0.05) is 48.2 Å². The number of aryl methyl sites for hydroxylation is 1. The number of sulfonamides is 1. The van der Waals surface area contributed by atoms with Gasteiger partial charge in [-0.3, -0.25) is 4.79 Å². The number of benzene rings is 3. The first-order chi connectivity index (χ1) is 17.8. The molecule has 2 fully saturated rings. The summed E-state index contributed by atoms with van der Waals surface area (Å²) in [4.78, 5) is 14.8. The molecule has 2 heterocycles. The highest BCUT2D eigenvalue weighted by atomic mass is 32.2. The summed E-state index contributed by atoms with van der Waals surface area (Å²) >= 11 is 0. The molecule has 0 unspecified atom stereocenters. The molecule has 2 aliphatic heterocycles. The molecule has 8 heteroatoms. The number of rotatable bonds is 5.